The fourth-order valence-corrected chi connectivity index (χ4v) is 3.14. The number of fused-ring (bicyclic) bond motifs is 1. The number of amides is 1. The zero-order chi connectivity index (χ0) is 17.9. The van der Waals surface area contributed by atoms with Gasteiger partial charge in [0.2, 0.25) is 0 Å². The molecule has 1 aliphatic heterocycles. The Hall–Kier alpha value is -3.65. The van der Waals surface area contributed by atoms with Gasteiger partial charge >= 0.3 is 0 Å². The van der Waals surface area contributed by atoms with Crippen molar-refractivity contribution in [2.45, 2.75) is 6.42 Å². The second kappa shape index (κ2) is 6.69. The van der Waals surface area contributed by atoms with Gasteiger partial charge in [-0.1, -0.05) is 18.2 Å². The number of allylic oxidation sites excluding steroid dienone is 1. The number of nitrogens with zero attached hydrogens (tertiary/aromatic N) is 2. The lowest BCUT2D eigenvalue weighted by atomic mass is 10.0. The minimum Gasteiger partial charge on any atom is -0.358 e. The number of aromatic amines is 1. The molecule has 2 N–H and O–H groups in total. The second-order valence-corrected chi connectivity index (χ2v) is 6.10. The third-order valence-electron chi connectivity index (χ3n) is 4.41. The van der Waals surface area contributed by atoms with E-state index in [2.05, 4.69) is 15.3 Å². The van der Waals surface area contributed by atoms with Crippen LogP contribution in [0.3, 0.4) is 0 Å². The Morgan fingerprint density at radius 2 is 2.08 bits per heavy atom. The summed E-state index contributed by atoms with van der Waals surface area (Å²) in [5.41, 5.74) is 6.35. The summed E-state index contributed by atoms with van der Waals surface area (Å²) in [6.07, 6.45) is 5.80. The average molecular weight is 340 g/mol. The van der Waals surface area contributed by atoms with Gasteiger partial charge < -0.3 is 10.3 Å². The Labute approximate surface area is 151 Å². The Morgan fingerprint density at radius 3 is 2.92 bits per heavy atom. The topological polar surface area (TPSA) is 81.6 Å². The van der Waals surface area contributed by atoms with Crippen molar-refractivity contribution in [2.24, 2.45) is 0 Å². The van der Waals surface area contributed by atoms with E-state index in [1.165, 1.54) is 6.08 Å². The Morgan fingerprint density at radius 1 is 1.15 bits per heavy atom. The number of carbonyl (C=O) groups is 1. The summed E-state index contributed by atoms with van der Waals surface area (Å²) < 4.78 is 0. The van der Waals surface area contributed by atoms with E-state index in [9.17, 15) is 4.79 Å². The molecular formula is C21H16N4O. The van der Waals surface area contributed by atoms with Crippen LogP contribution in [0.4, 0.5) is 0 Å². The van der Waals surface area contributed by atoms with Gasteiger partial charge in [-0.3, -0.25) is 9.78 Å². The van der Waals surface area contributed by atoms with Gasteiger partial charge in [0.25, 0.3) is 5.91 Å². The lowest BCUT2D eigenvalue weighted by Gasteiger charge is -2.10. The van der Waals surface area contributed by atoms with Crippen LogP contribution in [-0.2, 0) is 6.42 Å². The molecule has 2 aromatic heterocycles. The van der Waals surface area contributed by atoms with E-state index < -0.39 is 0 Å². The van der Waals surface area contributed by atoms with Crippen molar-refractivity contribution in [1.82, 2.24) is 15.3 Å². The molecule has 5 heteroatoms. The van der Waals surface area contributed by atoms with Crippen LogP contribution in [0.5, 0.6) is 0 Å². The van der Waals surface area contributed by atoms with Gasteiger partial charge in [0.15, 0.2) is 0 Å². The zero-order valence-electron chi connectivity index (χ0n) is 14.0. The van der Waals surface area contributed by atoms with E-state index >= 15 is 0 Å². The zero-order valence-corrected chi connectivity index (χ0v) is 14.0. The molecule has 0 radical (unpaired) electrons. The molecule has 126 valence electrons. The minimum absolute atomic E-state index is 0.0278. The molecule has 1 amide bonds. The number of hydrogen-bond donors (Lipinski definition) is 2. The molecule has 0 fully saturated rings. The van der Waals surface area contributed by atoms with Crippen LogP contribution >= 0.6 is 0 Å². The fourth-order valence-electron chi connectivity index (χ4n) is 3.14. The van der Waals surface area contributed by atoms with Crippen LogP contribution in [0.2, 0.25) is 0 Å². The smallest absolute Gasteiger partial charge is 0.253 e. The van der Waals surface area contributed by atoms with Crippen molar-refractivity contribution < 1.29 is 4.79 Å². The van der Waals surface area contributed by atoms with Crippen LogP contribution < -0.4 is 5.32 Å². The van der Waals surface area contributed by atoms with Crippen LogP contribution in [-0.4, -0.2) is 22.4 Å². The number of hydrogen-bond acceptors (Lipinski definition) is 3. The molecule has 1 aliphatic rings. The highest BCUT2D eigenvalue weighted by Crippen LogP contribution is 2.27. The quantitative estimate of drug-likeness (QED) is 0.715. The number of H-pyrrole nitrogens is 1. The van der Waals surface area contributed by atoms with Crippen molar-refractivity contribution in [2.75, 3.05) is 6.54 Å². The molecule has 4 rings (SSSR count). The molecule has 0 saturated carbocycles. The third kappa shape index (κ3) is 3.01. The third-order valence-corrected chi connectivity index (χ3v) is 4.41. The van der Waals surface area contributed by atoms with Crippen molar-refractivity contribution in [3.05, 3.63) is 71.6 Å². The maximum Gasteiger partial charge on any atom is 0.253 e. The first-order valence-corrected chi connectivity index (χ1v) is 8.38. The van der Waals surface area contributed by atoms with Gasteiger partial charge in [0.1, 0.15) is 0 Å². The molecule has 5 nitrogen and oxygen atoms in total. The lowest BCUT2D eigenvalue weighted by Crippen LogP contribution is -2.31. The van der Waals surface area contributed by atoms with Crippen molar-refractivity contribution in [3.63, 3.8) is 0 Å². The summed E-state index contributed by atoms with van der Waals surface area (Å²) in [4.78, 5) is 19.8. The van der Waals surface area contributed by atoms with E-state index in [-0.39, 0.29) is 5.91 Å². The summed E-state index contributed by atoms with van der Waals surface area (Å²) >= 11 is 0. The standard InChI is InChI=1S/C21H16N4O/c22-8-2-4-14-3-1-5-15(11-14)19-12-16(6-9-23-19)20-13-17-18(25-20)7-10-24-21(17)26/h1-6,9,11-13,25H,7,10H2,(H,24,26). The van der Waals surface area contributed by atoms with E-state index in [1.54, 1.807) is 12.3 Å². The average Bonchev–Trinajstić information content (AvgIpc) is 3.13. The number of aromatic nitrogens is 2. The molecule has 0 spiro atoms. The molecule has 0 unspecified atom stereocenters. The van der Waals surface area contributed by atoms with E-state index in [4.69, 9.17) is 5.26 Å². The van der Waals surface area contributed by atoms with Crippen LogP contribution in [0, 0.1) is 11.3 Å². The van der Waals surface area contributed by atoms with E-state index in [0.717, 1.165) is 40.2 Å². The molecule has 0 bridgehead atoms. The van der Waals surface area contributed by atoms with Crippen LogP contribution in [0.25, 0.3) is 28.6 Å². The maximum atomic E-state index is 12.0. The van der Waals surface area contributed by atoms with Gasteiger partial charge in [-0.25, -0.2) is 0 Å². The first-order chi connectivity index (χ1) is 12.7. The summed E-state index contributed by atoms with van der Waals surface area (Å²) in [6, 6.07) is 15.7. The fraction of sp³-hybridized carbons (Fsp3) is 0.0952. The Bertz CT molecular complexity index is 1060. The normalized spacial score (nSPS) is 13.3. The lowest BCUT2D eigenvalue weighted by molar-refractivity contribution is 0.0946. The monoisotopic (exact) mass is 340 g/mol. The molecule has 3 heterocycles. The molecular weight excluding hydrogens is 324 g/mol. The van der Waals surface area contributed by atoms with E-state index in [0.29, 0.717) is 12.1 Å². The molecule has 26 heavy (non-hydrogen) atoms. The maximum absolute atomic E-state index is 12.0. The Balaban J connectivity index is 1.71. The molecule has 0 saturated heterocycles. The van der Waals surface area contributed by atoms with Crippen LogP contribution in [0.1, 0.15) is 21.6 Å². The highest BCUT2D eigenvalue weighted by Gasteiger charge is 2.20. The highest BCUT2D eigenvalue weighted by molar-refractivity contribution is 5.97. The Kier molecular flexibility index (Phi) is 4.08. The van der Waals surface area contributed by atoms with Gasteiger partial charge in [0.05, 0.1) is 17.3 Å². The molecule has 0 atom stereocenters. The van der Waals surface area contributed by atoms with Gasteiger partial charge in [0, 0.05) is 47.8 Å². The van der Waals surface area contributed by atoms with Gasteiger partial charge in [-0.05, 0) is 35.9 Å². The minimum atomic E-state index is -0.0278. The number of pyridine rings is 1. The second-order valence-electron chi connectivity index (χ2n) is 6.10. The van der Waals surface area contributed by atoms with Gasteiger partial charge in [-0.15, -0.1) is 0 Å². The summed E-state index contributed by atoms with van der Waals surface area (Å²) in [5, 5.41) is 11.5. The number of nitriles is 1. The highest BCUT2D eigenvalue weighted by atomic mass is 16.1. The van der Waals surface area contributed by atoms with Crippen molar-refractivity contribution >= 4 is 12.0 Å². The van der Waals surface area contributed by atoms with Crippen molar-refractivity contribution in [1.29, 1.82) is 5.26 Å². The molecule has 1 aromatic carbocycles. The van der Waals surface area contributed by atoms with Crippen LogP contribution in [0.15, 0.2) is 54.7 Å². The number of benzene rings is 1. The predicted octanol–water partition coefficient (Wildman–Crippen LogP) is 3.57. The first-order valence-electron chi connectivity index (χ1n) is 8.38. The first kappa shape index (κ1) is 15.9. The molecule has 3 aromatic rings. The van der Waals surface area contributed by atoms with Gasteiger partial charge in [-0.2, -0.15) is 5.26 Å². The summed E-state index contributed by atoms with van der Waals surface area (Å²) in [7, 11) is 0. The number of rotatable bonds is 3. The SMILES string of the molecule is N#CC=Cc1cccc(-c2cc(-c3cc4c([nH]3)CCNC4=O)ccn2)c1. The number of carbonyl (C=O) groups excluding carboxylic acids is 1. The summed E-state index contributed by atoms with van der Waals surface area (Å²) in [5.74, 6) is -0.0278. The largest absolute Gasteiger partial charge is 0.358 e. The molecule has 0 aliphatic carbocycles. The predicted molar refractivity (Wildman–Crippen MR) is 100 cm³/mol. The van der Waals surface area contributed by atoms with Crippen molar-refractivity contribution in [3.8, 4) is 28.6 Å². The summed E-state index contributed by atoms with van der Waals surface area (Å²) in [6.45, 7) is 0.663. The number of nitrogens with one attached hydrogen (secondary N) is 2. The van der Waals surface area contributed by atoms with E-state index in [1.807, 2.05) is 48.5 Å².